The number of hydrogen-bond acceptors (Lipinski definition) is 3. The Balaban J connectivity index is 0. The lowest BCUT2D eigenvalue weighted by Crippen LogP contribution is -2.08. The number of hydrogen-bond donors (Lipinski definition) is 1. The summed E-state index contributed by atoms with van der Waals surface area (Å²) in [5, 5.41) is 7.21. The van der Waals surface area contributed by atoms with Crippen LogP contribution in [0.15, 0.2) is 0 Å². The quantitative estimate of drug-likeness (QED) is 0.217. The number of rotatable bonds is 16. The van der Waals surface area contributed by atoms with E-state index in [9.17, 15) is 13.2 Å². The molecule has 1 aliphatic rings. The van der Waals surface area contributed by atoms with E-state index in [0.29, 0.717) is 6.10 Å². The van der Waals surface area contributed by atoms with Gasteiger partial charge in [0.2, 0.25) is 0 Å². The van der Waals surface area contributed by atoms with E-state index in [1.165, 1.54) is 96.3 Å². The van der Waals surface area contributed by atoms with Crippen molar-refractivity contribution >= 4 is 0 Å². The lowest BCUT2D eigenvalue weighted by Gasteiger charge is -2.03. The number of methoxy groups -OCH3 is 1. The fourth-order valence-electron chi connectivity index (χ4n) is 2.80. The van der Waals surface area contributed by atoms with Crippen LogP contribution in [0.2, 0.25) is 0 Å². The SMILES string of the molecule is CCCCCCCCCCCCCCCCC1CO1.COC.OC(F)C(F)F. The first-order valence-electron chi connectivity index (χ1n) is 11.1. The van der Waals surface area contributed by atoms with Crippen molar-refractivity contribution in [2.45, 2.75) is 122 Å². The average molecular weight is 415 g/mol. The lowest BCUT2D eigenvalue weighted by atomic mass is 10.0. The third kappa shape index (κ3) is 30.4. The molecule has 3 nitrogen and oxygen atoms in total. The Morgan fingerprint density at radius 2 is 1.07 bits per heavy atom. The maximum Gasteiger partial charge on any atom is 0.293 e. The second kappa shape index (κ2) is 24.7. The first kappa shape index (κ1) is 29.9. The van der Waals surface area contributed by atoms with Crippen LogP contribution in [-0.4, -0.2) is 44.8 Å². The van der Waals surface area contributed by atoms with Crippen molar-refractivity contribution in [2.75, 3.05) is 20.8 Å². The van der Waals surface area contributed by atoms with Gasteiger partial charge in [0.05, 0.1) is 12.7 Å². The van der Waals surface area contributed by atoms with Gasteiger partial charge in [-0.1, -0.05) is 96.8 Å². The summed E-state index contributed by atoms with van der Waals surface area (Å²) in [5.74, 6) is 0. The number of halogens is 3. The molecule has 1 N–H and O–H groups in total. The first-order valence-corrected chi connectivity index (χ1v) is 11.1. The van der Waals surface area contributed by atoms with Crippen LogP contribution in [0.1, 0.15) is 103 Å². The van der Waals surface area contributed by atoms with Crippen molar-refractivity contribution in [3.05, 3.63) is 0 Å². The van der Waals surface area contributed by atoms with E-state index >= 15 is 0 Å². The molecule has 1 aliphatic heterocycles. The molecule has 2 unspecified atom stereocenters. The molecule has 0 aromatic heterocycles. The van der Waals surface area contributed by atoms with Gasteiger partial charge in [-0.25, -0.2) is 13.2 Å². The molecule has 0 spiro atoms. The van der Waals surface area contributed by atoms with Gasteiger partial charge in [-0.3, -0.25) is 0 Å². The van der Waals surface area contributed by atoms with Gasteiger partial charge in [0.15, 0.2) is 0 Å². The topological polar surface area (TPSA) is 42.0 Å². The summed E-state index contributed by atoms with van der Waals surface area (Å²) in [6.07, 6.45) is 16.0. The molecule has 1 fully saturated rings. The van der Waals surface area contributed by atoms with Crippen LogP contribution < -0.4 is 0 Å². The summed E-state index contributed by atoms with van der Waals surface area (Å²) in [4.78, 5) is 0. The molecule has 172 valence electrons. The summed E-state index contributed by atoms with van der Waals surface area (Å²) >= 11 is 0. The van der Waals surface area contributed by atoms with Crippen molar-refractivity contribution in [1.82, 2.24) is 0 Å². The molecule has 0 bridgehead atoms. The van der Waals surface area contributed by atoms with Crippen molar-refractivity contribution in [1.29, 1.82) is 0 Å². The molecule has 28 heavy (non-hydrogen) atoms. The van der Waals surface area contributed by atoms with Gasteiger partial charge in [0.1, 0.15) is 0 Å². The predicted molar refractivity (Wildman–Crippen MR) is 111 cm³/mol. The Morgan fingerprint density at radius 1 is 0.786 bits per heavy atom. The third-order valence-electron chi connectivity index (χ3n) is 4.49. The van der Waals surface area contributed by atoms with Gasteiger partial charge in [0, 0.05) is 14.2 Å². The zero-order valence-electron chi connectivity index (χ0n) is 18.4. The zero-order chi connectivity index (χ0) is 21.5. The average Bonchev–Trinajstić information content (AvgIpc) is 3.47. The van der Waals surface area contributed by atoms with Crippen LogP contribution >= 0.6 is 0 Å². The van der Waals surface area contributed by atoms with Crippen molar-refractivity contribution < 1.29 is 27.8 Å². The molecule has 0 aromatic rings. The number of ether oxygens (including phenoxy) is 2. The maximum atomic E-state index is 10.6. The van der Waals surface area contributed by atoms with E-state index in [-0.39, 0.29) is 0 Å². The molecule has 0 saturated carbocycles. The number of epoxide rings is 1. The highest BCUT2D eigenvalue weighted by atomic mass is 19.3. The normalized spacial score (nSPS) is 16.1. The molecule has 0 amide bonds. The second-order valence-corrected chi connectivity index (χ2v) is 7.46. The van der Waals surface area contributed by atoms with Gasteiger partial charge >= 0.3 is 0 Å². The molecule has 1 saturated heterocycles. The third-order valence-corrected chi connectivity index (χ3v) is 4.49. The highest BCUT2D eigenvalue weighted by Crippen LogP contribution is 2.18. The predicted octanol–water partition coefficient (Wildman–Crippen LogP) is 7.06. The van der Waals surface area contributed by atoms with Crippen molar-refractivity contribution in [3.8, 4) is 0 Å². The van der Waals surface area contributed by atoms with Gasteiger partial charge < -0.3 is 14.6 Å². The Bertz CT molecular complexity index is 270. The fraction of sp³-hybridized carbons (Fsp3) is 1.00. The number of aliphatic hydroxyl groups excluding tert-OH is 1. The molecule has 6 heteroatoms. The fourth-order valence-corrected chi connectivity index (χ4v) is 2.80. The molecule has 1 heterocycles. The summed E-state index contributed by atoms with van der Waals surface area (Å²) in [5.41, 5.74) is 0. The summed E-state index contributed by atoms with van der Waals surface area (Å²) in [6, 6.07) is 0. The van der Waals surface area contributed by atoms with E-state index < -0.39 is 12.8 Å². The number of alkyl halides is 3. The largest absolute Gasteiger partial charge is 0.388 e. The van der Waals surface area contributed by atoms with E-state index in [0.717, 1.165) is 6.61 Å². The van der Waals surface area contributed by atoms with E-state index in [1.54, 1.807) is 14.2 Å². The molecule has 1 rings (SSSR count). The van der Waals surface area contributed by atoms with E-state index in [1.807, 2.05) is 0 Å². The van der Waals surface area contributed by atoms with Crippen molar-refractivity contribution in [2.24, 2.45) is 0 Å². The van der Waals surface area contributed by atoms with Crippen LogP contribution in [0, 0.1) is 0 Å². The molecule has 2 atom stereocenters. The minimum absolute atomic E-state index is 0.650. The van der Waals surface area contributed by atoms with Crippen LogP contribution in [-0.2, 0) is 9.47 Å². The Hall–Kier alpha value is -0.330. The molecule has 0 aliphatic carbocycles. The minimum atomic E-state index is -3.26. The van der Waals surface area contributed by atoms with Gasteiger partial charge in [-0.05, 0) is 6.42 Å². The number of unbranched alkanes of at least 4 members (excludes halogenated alkanes) is 13. The monoisotopic (exact) mass is 414 g/mol. The lowest BCUT2D eigenvalue weighted by molar-refractivity contribution is -0.0843. The zero-order valence-corrected chi connectivity index (χ0v) is 18.4. The van der Waals surface area contributed by atoms with Gasteiger partial charge in [0.25, 0.3) is 12.8 Å². The first-order chi connectivity index (χ1) is 13.5. The van der Waals surface area contributed by atoms with E-state index in [4.69, 9.17) is 9.84 Å². The summed E-state index contributed by atoms with van der Waals surface area (Å²) in [6.45, 7) is 3.33. The van der Waals surface area contributed by atoms with E-state index in [2.05, 4.69) is 11.7 Å². The standard InChI is InChI=1S/C18H36O.C2H3F3O.C2H6O/c1-2-3-4-5-6-7-8-9-10-11-12-13-14-15-16-18-17-19-18;3-1(4)2(5)6;1-3-2/h18H,2-17H2,1H3;1-2,6H;1-2H3. The molecular weight excluding hydrogens is 369 g/mol. The highest BCUT2D eigenvalue weighted by molar-refractivity contribution is 4.68. The highest BCUT2D eigenvalue weighted by Gasteiger charge is 2.20. The van der Waals surface area contributed by atoms with Crippen LogP contribution in [0.5, 0.6) is 0 Å². The molecule has 0 aromatic carbocycles. The summed E-state index contributed by atoms with van der Waals surface area (Å²) in [7, 11) is 3.25. The molecule has 0 radical (unpaired) electrons. The minimum Gasteiger partial charge on any atom is -0.388 e. The maximum absolute atomic E-state index is 10.6. The Morgan fingerprint density at radius 3 is 1.32 bits per heavy atom. The van der Waals surface area contributed by atoms with Gasteiger partial charge in [-0.2, -0.15) is 0 Å². The van der Waals surface area contributed by atoms with Crippen molar-refractivity contribution in [3.63, 3.8) is 0 Å². The van der Waals surface area contributed by atoms with Crippen LogP contribution in [0.3, 0.4) is 0 Å². The number of aliphatic hydroxyl groups is 1. The molecular formula is C22H45F3O3. The smallest absolute Gasteiger partial charge is 0.293 e. The summed E-state index contributed by atoms with van der Waals surface area (Å²) < 4.78 is 41.2. The van der Waals surface area contributed by atoms with Gasteiger partial charge in [-0.15, -0.1) is 0 Å². The second-order valence-electron chi connectivity index (χ2n) is 7.46. The van der Waals surface area contributed by atoms with Crippen LogP contribution in [0.4, 0.5) is 13.2 Å². The van der Waals surface area contributed by atoms with Crippen LogP contribution in [0.25, 0.3) is 0 Å². The Labute approximate surface area is 171 Å². The Kier molecular flexibility index (Phi) is 26.4.